The predicted octanol–water partition coefficient (Wildman–Crippen LogP) is 3.08. The van der Waals surface area contributed by atoms with Crippen molar-refractivity contribution in [2.75, 3.05) is 0 Å². The van der Waals surface area contributed by atoms with Crippen LogP contribution >= 0.6 is 0 Å². The quantitative estimate of drug-likeness (QED) is 0.602. The molecule has 1 fully saturated rings. The highest BCUT2D eigenvalue weighted by atomic mass is 16.3. The van der Waals surface area contributed by atoms with Crippen LogP contribution < -0.4 is 5.73 Å². The summed E-state index contributed by atoms with van der Waals surface area (Å²) < 4.78 is 0. The van der Waals surface area contributed by atoms with E-state index in [1.54, 1.807) is 0 Å². The number of aliphatic hydroxyl groups excluding tert-OH is 2. The first kappa shape index (κ1) is 14.5. The van der Waals surface area contributed by atoms with Crippen LogP contribution in [-0.2, 0) is 0 Å². The fourth-order valence-electron chi connectivity index (χ4n) is 5.82. The van der Waals surface area contributed by atoms with Crippen molar-refractivity contribution in [2.24, 2.45) is 34.3 Å². The second kappa shape index (κ2) is 4.48. The summed E-state index contributed by atoms with van der Waals surface area (Å²) in [7, 11) is 0. The van der Waals surface area contributed by atoms with Crippen molar-refractivity contribution in [3.05, 3.63) is 35.6 Å². The first-order valence-corrected chi connectivity index (χ1v) is 8.60. The van der Waals surface area contributed by atoms with Gasteiger partial charge in [-0.05, 0) is 49.5 Å². The number of hydrogen-bond acceptors (Lipinski definition) is 3. The average molecular weight is 301 g/mol. The molecule has 4 N–H and O–H groups in total. The monoisotopic (exact) mass is 301 g/mol. The van der Waals surface area contributed by atoms with E-state index in [1.165, 1.54) is 5.57 Å². The fraction of sp³-hybridized carbons (Fsp3) is 0.684. The number of allylic oxidation sites excluding steroid dienone is 3. The maximum atomic E-state index is 10.8. The van der Waals surface area contributed by atoms with E-state index in [-0.39, 0.29) is 22.8 Å². The third kappa shape index (κ3) is 1.70. The zero-order valence-electron chi connectivity index (χ0n) is 13.5. The Hall–Kier alpha value is -1.06. The average Bonchev–Trinajstić information content (AvgIpc) is 2.77. The van der Waals surface area contributed by atoms with E-state index in [0.29, 0.717) is 17.6 Å². The van der Waals surface area contributed by atoms with Gasteiger partial charge in [0.25, 0.3) is 0 Å². The lowest BCUT2D eigenvalue weighted by Crippen LogP contribution is -2.53. The zero-order valence-corrected chi connectivity index (χ0v) is 13.5. The van der Waals surface area contributed by atoms with Crippen LogP contribution in [0.1, 0.15) is 39.5 Å². The molecule has 4 aliphatic rings. The molecule has 4 rings (SSSR count). The van der Waals surface area contributed by atoms with Crippen LogP contribution in [0.3, 0.4) is 0 Å². The van der Waals surface area contributed by atoms with Crippen molar-refractivity contribution in [3.63, 3.8) is 0 Å². The molecule has 0 aliphatic heterocycles. The topological polar surface area (TPSA) is 66.5 Å². The Bertz CT molecular complexity index is 592. The van der Waals surface area contributed by atoms with E-state index in [9.17, 15) is 10.2 Å². The summed E-state index contributed by atoms with van der Waals surface area (Å²) >= 11 is 0. The lowest BCUT2D eigenvalue weighted by molar-refractivity contribution is -0.0628. The van der Waals surface area contributed by atoms with Crippen molar-refractivity contribution in [1.82, 2.24) is 0 Å². The molecule has 22 heavy (non-hydrogen) atoms. The minimum Gasteiger partial charge on any atom is -0.512 e. The van der Waals surface area contributed by atoms with Crippen molar-refractivity contribution in [1.29, 1.82) is 0 Å². The molecule has 0 aromatic carbocycles. The normalized spacial score (nSPS) is 53.2. The van der Waals surface area contributed by atoms with Gasteiger partial charge < -0.3 is 15.9 Å². The number of rotatable bonds is 0. The van der Waals surface area contributed by atoms with Crippen molar-refractivity contribution < 1.29 is 10.2 Å². The maximum Gasteiger partial charge on any atom is 0.0944 e. The summed E-state index contributed by atoms with van der Waals surface area (Å²) in [6, 6.07) is 0.0779. The van der Waals surface area contributed by atoms with Gasteiger partial charge in [-0.25, -0.2) is 0 Å². The SMILES string of the molecule is C[C@]12C=C[C@H](N)CC1=C[C@H](O)[C@@H]1[C@@H]2CC[C@]2(C)C(O)=CC[C@@H]12. The minimum absolute atomic E-state index is 0.0271. The Labute approximate surface area is 132 Å². The largest absolute Gasteiger partial charge is 0.512 e. The standard InChI is InChI=1S/C19H27NO2/c1-18-7-5-12(20)9-11(18)10-15(21)17-13-3-4-16(22)19(13,2)8-6-14(17)18/h4-5,7,10,12-15,17,21-22H,3,6,8-9,20H2,1-2H3/t12-,13-,14-,15-,17-,18-,19-/m0/s1. The van der Waals surface area contributed by atoms with Gasteiger partial charge in [-0.1, -0.05) is 37.6 Å². The van der Waals surface area contributed by atoms with Crippen molar-refractivity contribution >= 4 is 0 Å². The van der Waals surface area contributed by atoms with Gasteiger partial charge >= 0.3 is 0 Å². The number of nitrogens with two attached hydrogens (primary N) is 1. The molecule has 0 bridgehead atoms. The lowest BCUT2D eigenvalue weighted by Gasteiger charge is -2.57. The molecule has 0 aromatic rings. The highest BCUT2D eigenvalue weighted by Crippen LogP contribution is 2.63. The Kier molecular flexibility index (Phi) is 2.96. The molecule has 3 heteroatoms. The molecule has 1 saturated carbocycles. The van der Waals surface area contributed by atoms with Crippen LogP contribution in [0.4, 0.5) is 0 Å². The summed E-state index contributed by atoms with van der Waals surface area (Å²) in [6.45, 7) is 4.49. The van der Waals surface area contributed by atoms with Crippen LogP contribution in [0, 0.1) is 28.6 Å². The van der Waals surface area contributed by atoms with Gasteiger partial charge in [0, 0.05) is 16.9 Å². The summed E-state index contributed by atoms with van der Waals surface area (Å²) in [5.41, 5.74) is 7.29. The fourth-order valence-corrected chi connectivity index (χ4v) is 5.82. The highest BCUT2D eigenvalue weighted by molar-refractivity contribution is 5.36. The molecule has 0 amide bonds. The van der Waals surface area contributed by atoms with Gasteiger partial charge in [-0.3, -0.25) is 0 Å². The smallest absolute Gasteiger partial charge is 0.0944 e. The molecule has 0 spiro atoms. The van der Waals surface area contributed by atoms with Gasteiger partial charge in [0.1, 0.15) is 0 Å². The maximum absolute atomic E-state index is 10.8. The molecule has 0 unspecified atom stereocenters. The minimum atomic E-state index is -0.407. The number of hydrogen-bond donors (Lipinski definition) is 3. The molecule has 0 saturated heterocycles. The molecular formula is C19H27NO2. The Morgan fingerprint density at radius 2 is 2.05 bits per heavy atom. The van der Waals surface area contributed by atoms with Gasteiger partial charge in [0.15, 0.2) is 0 Å². The second-order valence-electron chi connectivity index (χ2n) is 8.26. The molecule has 0 heterocycles. The van der Waals surface area contributed by atoms with Crippen LogP contribution in [0.5, 0.6) is 0 Å². The molecule has 0 radical (unpaired) electrons. The van der Waals surface area contributed by atoms with Gasteiger partial charge in [-0.15, -0.1) is 0 Å². The Balaban J connectivity index is 1.77. The lowest BCUT2D eigenvalue weighted by atomic mass is 9.48. The van der Waals surface area contributed by atoms with Gasteiger partial charge in [0.05, 0.1) is 11.9 Å². The molecule has 120 valence electrons. The Morgan fingerprint density at radius 1 is 1.27 bits per heavy atom. The summed E-state index contributed by atoms with van der Waals surface area (Å²) in [4.78, 5) is 0. The molecule has 3 nitrogen and oxygen atoms in total. The van der Waals surface area contributed by atoms with Gasteiger partial charge in [-0.2, -0.15) is 0 Å². The van der Waals surface area contributed by atoms with Crippen molar-refractivity contribution in [2.45, 2.75) is 51.7 Å². The van der Waals surface area contributed by atoms with E-state index in [4.69, 9.17) is 5.73 Å². The van der Waals surface area contributed by atoms with E-state index in [0.717, 1.165) is 25.7 Å². The second-order valence-corrected chi connectivity index (χ2v) is 8.26. The van der Waals surface area contributed by atoms with E-state index >= 15 is 0 Å². The molecular weight excluding hydrogens is 274 g/mol. The number of aliphatic hydroxyl groups is 2. The van der Waals surface area contributed by atoms with Gasteiger partial charge in [0.2, 0.25) is 0 Å². The summed E-state index contributed by atoms with van der Waals surface area (Å²) in [5, 5.41) is 21.2. The molecule has 7 atom stereocenters. The third-order valence-electron chi connectivity index (χ3n) is 7.25. The first-order valence-electron chi connectivity index (χ1n) is 8.60. The van der Waals surface area contributed by atoms with E-state index in [1.807, 2.05) is 6.08 Å². The van der Waals surface area contributed by atoms with Crippen LogP contribution in [0.2, 0.25) is 0 Å². The zero-order chi connectivity index (χ0) is 15.7. The van der Waals surface area contributed by atoms with Crippen LogP contribution in [-0.4, -0.2) is 22.4 Å². The number of fused-ring (bicyclic) bond motifs is 5. The summed E-state index contributed by atoms with van der Waals surface area (Å²) in [6.07, 6.45) is 11.9. The Morgan fingerprint density at radius 3 is 2.82 bits per heavy atom. The summed E-state index contributed by atoms with van der Waals surface area (Å²) in [5.74, 6) is 1.57. The van der Waals surface area contributed by atoms with Crippen LogP contribution in [0.15, 0.2) is 35.6 Å². The van der Waals surface area contributed by atoms with Crippen molar-refractivity contribution in [3.8, 4) is 0 Å². The third-order valence-corrected chi connectivity index (χ3v) is 7.25. The highest BCUT2D eigenvalue weighted by Gasteiger charge is 2.58. The van der Waals surface area contributed by atoms with E-state index in [2.05, 4.69) is 32.1 Å². The predicted molar refractivity (Wildman–Crippen MR) is 87.1 cm³/mol. The van der Waals surface area contributed by atoms with Crippen LogP contribution in [0.25, 0.3) is 0 Å². The molecule has 4 aliphatic carbocycles. The molecule has 0 aromatic heterocycles. The first-order chi connectivity index (χ1) is 10.4. The van der Waals surface area contributed by atoms with E-state index < -0.39 is 6.10 Å².